The van der Waals surface area contributed by atoms with E-state index in [-0.39, 0.29) is 11.9 Å². The van der Waals surface area contributed by atoms with Gasteiger partial charge in [0.25, 0.3) is 5.91 Å². The number of rotatable bonds is 5. The van der Waals surface area contributed by atoms with Crippen molar-refractivity contribution < 1.29 is 9.53 Å². The van der Waals surface area contributed by atoms with Gasteiger partial charge in [-0.15, -0.1) is 0 Å². The summed E-state index contributed by atoms with van der Waals surface area (Å²) in [5, 5.41) is 2.95. The summed E-state index contributed by atoms with van der Waals surface area (Å²) >= 11 is 0. The lowest BCUT2D eigenvalue weighted by atomic mass is 10.1. The van der Waals surface area contributed by atoms with Gasteiger partial charge in [0.05, 0.1) is 12.6 Å². The van der Waals surface area contributed by atoms with Crippen molar-refractivity contribution >= 4 is 11.6 Å². The number of nitrogen functional groups attached to an aromatic ring is 1. The molecule has 0 heterocycles. The fourth-order valence-electron chi connectivity index (χ4n) is 2.16. The molecule has 0 aliphatic heterocycles. The first-order valence-electron chi connectivity index (χ1n) is 7.00. The molecule has 1 amide bonds. The minimum Gasteiger partial charge on any atom is -0.493 e. The molecular formula is C17H20N2O2. The number of hydrogen-bond acceptors (Lipinski definition) is 3. The number of amides is 1. The number of carbonyl (C=O) groups is 1. The van der Waals surface area contributed by atoms with Crippen molar-refractivity contribution in [1.82, 2.24) is 5.32 Å². The van der Waals surface area contributed by atoms with Gasteiger partial charge in [0.15, 0.2) is 0 Å². The number of benzene rings is 2. The summed E-state index contributed by atoms with van der Waals surface area (Å²) in [4.78, 5) is 12.5. The third-order valence-electron chi connectivity index (χ3n) is 3.23. The Morgan fingerprint density at radius 2 is 1.90 bits per heavy atom. The van der Waals surface area contributed by atoms with Crippen LogP contribution >= 0.6 is 0 Å². The highest BCUT2D eigenvalue weighted by atomic mass is 16.5. The van der Waals surface area contributed by atoms with Gasteiger partial charge in [-0.2, -0.15) is 0 Å². The van der Waals surface area contributed by atoms with E-state index in [2.05, 4.69) is 5.32 Å². The number of anilines is 1. The van der Waals surface area contributed by atoms with Crippen LogP contribution in [0.25, 0.3) is 0 Å². The maximum absolute atomic E-state index is 12.5. The first-order valence-corrected chi connectivity index (χ1v) is 7.00. The number of nitrogens with one attached hydrogen (secondary N) is 1. The molecule has 0 aliphatic carbocycles. The van der Waals surface area contributed by atoms with Crippen molar-refractivity contribution in [3.63, 3.8) is 0 Å². The van der Waals surface area contributed by atoms with Gasteiger partial charge in [-0.25, -0.2) is 0 Å². The molecule has 0 saturated heterocycles. The molecule has 3 N–H and O–H groups in total. The van der Waals surface area contributed by atoms with E-state index < -0.39 is 0 Å². The molecule has 0 spiro atoms. The van der Waals surface area contributed by atoms with Crippen LogP contribution in [0.2, 0.25) is 0 Å². The molecule has 0 saturated carbocycles. The van der Waals surface area contributed by atoms with E-state index in [4.69, 9.17) is 10.5 Å². The topological polar surface area (TPSA) is 64.3 Å². The third-order valence-corrected chi connectivity index (χ3v) is 3.23. The van der Waals surface area contributed by atoms with Gasteiger partial charge < -0.3 is 15.8 Å². The fourth-order valence-corrected chi connectivity index (χ4v) is 2.16. The fraction of sp³-hybridized carbons (Fsp3) is 0.235. The van der Waals surface area contributed by atoms with E-state index in [9.17, 15) is 4.79 Å². The second kappa shape index (κ2) is 6.79. The van der Waals surface area contributed by atoms with Crippen molar-refractivity contribution in [3.8, 4) is 5.75 Å². The lowest BCUT2D eigenvalue weighted by molar-refractivity contribution is 0.0937. The van der Waals surface area contributed by atoms with Gasteiger partial charge in [-0.1, -0.05) is 36.4 Å². The van der Waals surface area contributed by atoms with Crippen LogP contribution in [0.1, 0.15) is 35.8 Å². The van der Waals surface area contributed by atoms with Crippen molar-refractivity contribution in [2.75, 3.05) is 12.3 Å². The van der Waals surface area contributed by atoms with E-state index >= 15 is 0 Å². The molecule has 0 bridgehead atoms. The normalized spacial score (nSPS) is 11.7. The molecule has 1 atom stereocenters. The lowest BCUT2D eigenvalue weighted by Gasteiger charge is -2.17. The molecule has 21 heavy (non-hydrogen) atoms. The lowest BCUT2D eigenvalue weighted by Crippen LogP contribution is -2.28. The molecule has 0 aromatic heterocycles. The predicted octanol–water partition coefficient (Wildman–Crippen LogP) is 3.16. The highest BCUT2D eigenvalue weighted by molar-refractivity contribution is 6.02. The van der Waals surface area contributed by atoms with Crippen LogP contribution < -0.4 is 15.8 Å². The number of hydrogen-bond donors (Lipinski definition) is 2. The molecule has 110 valence electrons. The van der Waals surface area contributed by atoms with Crippen molar-refractivity contribution in [2.24, 2.45) is 0 Å². The Labute approximate surface area is 124 Å². The van der Waals surface area contributed by atoms with E-state index in [1.807, 2.05) is 44.2 Å². The zero-order valence-electron chi connectivity index (χ0n) is 12.3. The van der Waals surface area contributed by atoms with E-state index in [0.717, 1.165) is 5.56 Å². The summed E-state index contributed by atoms with van der Waals surface area (Å²) in [6.07, 6.45) is 0. The van der Waals surface area contributed by atoms with Gasteiger partial charge in [0.2, 0.25) is 0 Å². The summed E-state index contributed by atoms with van der Waals surface area (Å²) in [5.74, 6) is 0.281. The first kappa shape index (κ1) is 14.9. The van der Waals surface area contributed by atoms with E-state index in [1.54, 1.807) is 18.2 Å². The summed E-state index contributed by atoms with van der Waals surface area (Å²) < 4.78 is 5.49. The van der Waals surface area contributed by atoms with Crippen LogP contribution in [0.5, 0.6) is 5.75 Å². The van der Waals surface area contributed by atoms with Gasteiger partial charge in [-0.05, 0) is 31.5 Å². The average molecular weight is 284 g/mol. The molecule has 2 aromatic rings. The Bertz CT molecular complexity index is 611. The standard InChI is InChI=1S/C17H20N2O2/c1-3-21-15-11-7-10-14(18)16(15)17(20)19-12(2)13-8-5-4-6-9-13/h4-12H,3,18H2,1-2H3,(H,19,20)/t12-/m0/s1. The highest BCUT2D eigenvalue weighted by Gasteiger charge is 2.18. The predicted molar refractivity (Wildman–Crippen MR) is 84.3 cm³/mol. The van der Waals surface area contributed by atoms with Crippen molar-refractivity contribution in [1.29, 1.82) is 0 Å². The maximum atomic E-state index is 12.5. The molecule has 0 unspecified atom stereocenters. The smallest absolute Gasteiger partial charge is 0.257 e. The first-order chi connectivity index (χ1) is 10.1. The Balaban J connectivity index is 2.21. The second-order valence-electron chi connectivity index (χ2n) is 4.76. The summed E-state index contributed by atoms with van der Waals surface area (Å²) in [6.45, 7) is 4.29. The number of ether oxygens (including phenoxy) is 1. The Morgan fingerprint density at radius 1 is 1.19 bits per heavy atom. The Hall–Kier alpha value is -2.49. The largest absolute Gasteiger partial charge is 0.493 e. The molecular weight excluding hydrogens is 264 g/mol. The molecule has 2 aromatic carbocycles. The van der Waals surface area contributed by atoms with Crippen LogP contribution in [0.3, 0.4) is 0 Å². The van der Waals surface area contributed by atoms with Crippen LogP contribution in [0.15, 0.2) is 48.5 Å². The summed E-state index contributed by atoms with van der Waals surface area (Å²) in [7, 11) is 0. The van der Waals surface area contributed by atoms with Gasteiger partial charge in [0.1, 0.15) is 11.3 Å². The van der Waals surface area contributed by atoms with E-state index in [1.165, 1.54) is 0 Å². The van der Waals surface area contributed by atoms with Crippen LogP contribution in [0.4, 0.5) is 5.69 Å². The maximum Gasteiger partial charge on any atom is 0.257 e. The quantitative estimate of drug-likeness (QED) is 0.829. The Morgan fingerprint density at radius 3 is 2.57 bits per heavy atom. The molecule has 4 heteroatoms. The molecule has 2 rings (SSSR count). The zero-order valence-corrected chi connectivity index (χ0v) is 12.3. The minimum atomic E-state index is -0.229. The molecule has 0 fully saturated rings. The van der Waals surface area contributed by atoms with Gasteiger partial charge in [0, 0.05) is 5.69 Å². The highest BCUT2D eigenvalue weighted by Crippen LogP contribution is 2.25. The van der Waals surface area contributed by atoms with Crippen LogP contribution in [-0.2, 0) is 0 Å². The van der Waals surface area contributed by atoms with E-state index in [0.29, 0.717) is 23.6 Å². The van der Waals surface area contributed by atoms with Crippen molar-refractivity contribution in [2.45, 2.75) is 19.9 Å². The average Bonchev–Trinajstić information content (AvgIpc) is 2.48. The van der Waals surface area contributed by atoms with Gasteiger partial charge >= 0.3 is 0 Å². The zero-order chi connectivity index (χ0) is 15.2. The molecule has 4 nitrogen and oxygen atoms in total. The summed E-state index contributed by atoms with van der Waals surface area (Å²) in [5.41, 5.74) is 7.77. The number of nitrogens with two attached hydrogens (primary N) is 1. The van der Waals surface area contributed by atoms with Crippen molar-refractivity contribution in [3.05, 3.63) is 59.7 Å². The summed E-state index contributed by atoms with van der Waals surface area (Å²) in [6, 6.07) is 14.9. The Kier molecular flexibility index (Phi) is 4.82. The SMILES string of the molecule is CCOc1cccc(N)c1C(=O)N[C@@H](C)c1ccccc1. The monoisotopic (exact) mass is 284 g/mol. The second-order valence-corrected chi connectivity index (χ2v) is 4.76. The van der Waals surface area contributed by atoms with Crippen LogP contribution in [0, 0.1) is 0 Å². The molecule has 0 radical (unpaired) electrons. The minimum absolute atomic E-state index is 0.104. The van der Waals surface area contributed by atoms with Gasteiger partial charge in [-0.3, -0.25) is 4.79 Å². The number of carbonyl (C=O) groups excluding carboxylic acids is 1. The molecule has 0 aliphatic rings. The van der Waals surface area contributed by atoms with Crippen LogP contribution in [-0.4, -0.2) is 12.5 Å². The third kappa shape index (κ3) is 3.54.